The Morgan fingerprint density at radius 2 is 1.62 bits per heavy atom. The summed E-state index contributed by atoms with van der Waals surface area (Å²) in [5.74, 6) is -2.42. The van der Waals surface area contributed by atoms with Crippen LogP contribution in [0.4, 0.5) is 13.2 Å². The van der Waals surface area contributed by atoms with Crippen molar-refractivity contribution >= 4 is 33.8 Å². The highest BCUT2D eigenvalue weighted by atomic mass is 32.1. The number of Topliss-reactive ketones (excluding diaryl/α,β-unsaturated/α-hetero) is 1. The molecule has 0 aliphatic carbocycles. The molecule has 1 amide bonds. The number of fused-ring (bicyclic) bond motifs is 1. The molecule has 0 unspecified atom stereocenters. The summed E-state index contributed by atoms with van der Waals surface area (Å²) in [6.45, 7) is 0.345. The molecule has 1 N–H and O–H groups in total. The Balaban J connectivity index is 1.58. The number of nitrogens with one attached hydrogen (secondary N) is 1. The molecule has 26 heavy (non-hydrogen) atoms. The summed E-state index contributed by atoms with van der Waals surface area (Å²) in [7, 11) is 0. The number of ketones is 1. The van der Waals surface area contributed by atoms with Crippen molar-refractivity contribution in [1.82, 2.24) is 5.32 Å². The van der Waals surface area contributed by atoms with E-state index in [0.29, 0.717) is 24.3 Å². The molecular weight excluding hydrogens is 363 g/mol. The maximum atomic E-state index is 12.4. The van der Waals surface area contributed by atoms with Gasteiger partial charge < -0.3 is 5.32 Å². The highest BCUT2D eigenvalue weighted by molar-refractivity contribution is 7.16. The van der Waals surface area contributed by atoms with Crippen molar-refractivity contribution in [2.75, 3.05) is 6.54 Å². The topological polar surface area (TPSA) is 46.2 Å². The first-order valence-corrected chi connectivity index (χ1v) is 8.63. The van der Waals surface area contributed by atoms with E-state index in [9.17, 15) is 22.8 Å². The van der Waals surface area contributed by atoms with Crippen LogP contribution in [0, 0.1) is 0 Å². The third-order valence-electron chi connectivity index (χ3n) is 3.82. The predicted molar refractivity (Wildman–Crippen MR) is 94.7 cm³/mol. The largest absolute Gasteiger partial charge is 0.455 e. The van der Waals surface area contributed by atoms with Crippen molar-refractivity contribution in [3.05, 3.63) is 69.9 Å². The smallest absolute Gasteiger partial charge is 0.351 e. The van der Waals surface area contributed by atoms with Crippen LogP contribution in [-0.2, 0) is 6.42 Å². The summed E-state index contributed by atoms with van der Waals surface area (Å²) in [5.41, 5.74) is 1.04. The van der Waals surface area contributed by atoms with Crippen molar-refractivity contribution in [2.45, 2.75) is 12.6 Å². The van der Waals surface area contributed by atoms with Crippen LogP contribution in [0.2, 0.25) is 0 Å². The van der Waals surface area contributed by atoms with Crippen molar-refractivity contribution < 1.29 is 22.8 Å². The third kappa shape index (κ3) is 4.11. The van der Waals surface area contributed by atoms with E-state index >= 15 is 0 Å². The normalized spacial score (nSPS) is 11.5. The second-order valence-electron chi connectivity index (χ2n) is 5.68. The fourth-order valence-corrected chi connectivity index (χ4v) is 3.41. The SMILES string of the molecule is O=C(NCCc1ccc2ccccc2c1)c1ccc(C(=O)C(F)(F)F)s1. The van der Waals surface area contributed by atoms with Gasteiger partial charge >= 0.3 is 6.18 Å². The number of alkyl halides is 3. The molecule has 1 heterocycles. The number of halogens is 3. The molecule has 0 saturated heterocycles. The van der Waals surface area contributed by atoms with Gasteiger partial charge in [-0.1, -0.05) is 42.5 Å². The number of thiophene rings is 1. The summed E-state index contributed by atoms with van der Waals surface area (Å²) in [6.07, 6.45) is -4.34. The zero-order chi connectivity index (χ0) is 18.7. The number of rotatable bonds is 5. The molecule has 0 aliphatic heterocycles. The Morgan fingerprint density at radius 1 is 0.923 bits per heavy atom. The zero-order valence-electron chi connectivity index (χ0n) is 13.5. The monoisotopic (exact) mass is 377 g/mol. The lowest BCUT2D eigenvalue weighted by Crippen LogP contribution is -2.25. The summed E-state index contributed by atoms with van der Waals surface area (Å²) < 4.78 is 37.2. The van der Waals surface area contributed by atoms with E-state index in [1.165, 1.54) is 6.07 Å². The van der Waals surface area contributed by atoms with E-state index < -0.39 is 22.7 Å². The quantitative estimate of drug-likeness (QED) is 0.660. The van der Waals surface area contributed by atoms with E-state index in [1.54, 1.807) is 0 Å². The second-order valence-corrected chi connectivity index (χ2v) is 6.76. The average Bonchev–Trinajstić information content (AvgIpc) is 3.10. The van der Waals surface area contributed by atoms with Gasteiger partial charge in [0.1, 0.15) is 0 Å². The lowest BCUT2D eigenvalue weighted by Gasteiger charge is -2.06. The number of hydrogen-bond donors (Lipinski definition) is 1. The Morgan fingerprint density at radius 3 is 2.35 bits per heavy atom. The van der Waals surface area contributed by atoms with Crippen molar-refractivity contribution in [3.8, 4) is 0 Å². The van der Waals surface area contributed by atoms with Crippen LogP contribution in [0.1, 0.15) is 24.9 Å². The minimum atomic E-state index is -4.94. The lowest BCUT2D eigenvalue weighted by molar-refractivity contribution is -0.0882. The highest BCUT2D eigenvalue weighted by Gasteiger charge is 2.40. The van der Waals surface area contributed by atoms with Crippen molar-refractivity contribution in [3.63, 3.8) is 0 Å². The molecular formula is C19H14F3NO2S. The first kappa shape index (κ1) is 18.1. The number of carbonyl (C=O) groups excluding carboxylic acids is 2. The first-order valence-electron chi connectivity index (χ1n) is 7.82. The Kier molecular flexibility index (Phi) is 5.08. The van der Waals surface area contributed by atoms with Crippen LogP contribution in [0.15, 0.2) is 54.6 Å². The highest BCUT2D eigenvalue weighted by Crippen LogP contribution is 2.26. The second kappa shape index (κ2) is 7.29. The Hall–Kier alpha value is -2.67. The van der Waals surface area contributed by atoms with Gasteiger partial charge in [-0.2, -0.15) is 13.2 Å². The van der Waals surface area contributed by atoms with Crippen LogP contribution in [0.3, 0.4) is 0 Å². The number of carbonyl (C=O) groups is 2. The van der Waals surface area contributed by atoms with Gasteiger partial charge in [-0.15, -0.1) is 11.3 Å². The fraction of sp³-hybridized carbons (Fsp3) is 0.158. The minimum Gasteiger partial charge on any atom is -0.351 e. The number of amides is 1. The van der Waals surface area contributed by atoms with Gasteiger partial charge in [0.25, 0.3) is 11.7 Å². The van der Waals surface area contributed by atoms with Gasteiger partial charge in [-0.05, 0) is 34.9 Å². The maximum absolute atomic E-state index is 12.4. The molecule has 0 aliphatic rings. The number of benzene rings is 2. The van der Waals surface area contributed by atoms with Crippen LogP contribution in [0.5, 0.6) is 0 Å². The minimum absolute atomic E-state index is 0.0797. The molecule has 0 fully saturated rings. The van der Waals surface area contributed by atoms with E-state index in [1.807, 2.05) is 42.5 Å². The third-order valence-corrected chi connectivity index (χ3v) is 4.91. The molecule has 134 valence electrons. The predicted octanol–water partition coefficient (Wildman–Crippen LogP) is 4.62. The standard InChI is InChI=1S/C19H14F3NO2S/c20-19(21,22)17(24)15-7-8-16(26-15)18(25)23-10-9-12-5-6-13-3-1-2-4-14(13)11-12/h1-8,11H,9-10H2,(H,23,25). The Bertz CT molecular complexity index is 963. The van der Waals surface area contributed by atoms with E-state index in [-0.39, 0.29) is 4.88 Å². The van der Waals surface area contributed by atoms with Crippen LogP contribution >= 0.6 is 11.3 Å². The zero-order valence-corrected chi connectivity index (χ0v) is 14.3. The summed E-state index contributed by atoms with van der Waals surface area (Å²) in [5, 5.41) is 4.89. The van der Waals surface area contributed by atoms with E-state index in [0.717, 1.165) is 22.4 Å². The molecule has 0 radical (unpaired) electrons. The average molecular weight is 377 g/mol. The van der Waals surface area contributed by atoms with Crippen molar-refractivity contribution in [2.24, 2.45) is 0 Å². The maximum Gasteiger partial charge on any atom is 0.455 e. The van der Waals surface area contributed by atoms with Gasteiger partial charge in [-0.25, -0.2) is 0 Å². The molecule has 3 nitrogen and oxygen atoms in total. The summed E-state index contributed by atoms with van der Waals surface area (Å²) in [4.78, 5) is 22.8. The van der Waals surface area contributed by atoms with Gasteiger partial charge in [0.15, 0.2) is 0 Å². The fourth-order valence-electron chi connectivity index (χ4n) is 2.52. The molecule has 2 aromatic carbocycles. The van der Waals surface area contributed by atoms with Gasteiger partial charge in [0, 0.05) is 6.54 Å². The van der Waals surface area contributed by atoms with Gasteiger partial charge in [0.05, 0.1) is 9.75 Å². The molecule has 0 spiro atoms. The molecule has 0 saturated carbocycles. The van der Waals surface area contributed by atoms with Crippen LogP contribution in [0.25, 0.3) is 10.8 Å². The van der Waals surface area contributed by atoms with E-state index in [4.69, 9.17) is 0 Å². The molecule has 7 heteroatoms. The Labute approximate surface area is 151 Å². The summed E-state index contributed by atoms with van der Waals surface area (Å²) in [6, 6.07) is 16.2. The van der Waals surface area contributed by atoms with E-state index in [2.05, 4.69) is 5.32 Å². The molecule has 3 aromatic rings. The number of hydrogen-bond acceptors (Lipinski definition) is 3. The van der Waals surface area contributed by atoms with Crippen LogP contribution < -0.4 is 5.32 Å². The van der Waals surface area contributed by atoms with Crippen molar-refractivity contribution in [1.29, 1.82) is 0 Å². The van der Waals surface area contributed by atoms with Gasteiger partial charge in [-0.3, -0.25) is 9.59 Å². The molecule has 0 atom stereocenters. The molecule has 3 rings (SSSR count). The van der Waals surface area contributed by atoms with Crippen LogP contribution in [-0.4, -0.2) is 24.4 Å². The molecule has 1 aromatic heterocycles. The lowest BCUT2D eigenvalue weighted by atomic mass is 10.1. The first-order chi connectivity index (χ1) is 12.3. The molecule has 0 bridgehead atoms. The van der Waals surface area contributed by atoms with Gasteiger partial charge in [0.2, 0.25) is 0 Å². The summed E-state index contributed by atoms with van der Waals surface area (Å²) >= 11 is 0.542.